The summed E-state index contributed by atoms with van der Waals surface area (Å²) < 4.78 is 0. The predicted octanol–water partition coefficient (Wildman–Crippen LogP) is 2.66. The summed E-state index contributed by atoms with van der Waals surface area (Å²) in [5.74, 6) is -0.317. The number of nitrogens with zero attached hydrogens (tertiary/aromatic N) is 3. The lowest BCUT2D eigenvalue weighted by molar-refractivity contribution is 0.0954. The summed E-state index contributed by atoms with van der Waals surface area (Å²) in [6, 6.07) is 18.5. The standard InChI is InChI=1S/C18H14N4O/c23-18(15-9-6-11-19-13-15)22-21-17(14-7-2-1-3-8-14)16-10-4-5-12-20-16/h1-13H,(H,22,23)/b21-17+. The van der Waals surface area contributed by atoms with Crippen molar-refractivity contribution in [2.45, 2.75) is 0 Å². The number of pyridine rings is 2. The molecule has 2 aromatic heterocycles. The van der Waals surface area contributed by atoms with Gasteiger partial charge in [-0.05, 0) is 24.3 Å². The molecule has 1 aromatic carbocycles. The lowest BCUT2D eigenvalue weighted by Gasteiger charge is -2.07. The number of rotatable bonds is 4. The molecule has 0 atom stereocenters. The Balaban J connectivity index is 1.91. The molecule has 2 heterocycles. The van der Waals surface area contributed by atoms with E-state index in [0.717, 1.165) is 5.56 Å². The quantitative estimate of drug-likeness (QED) is 0.595. The molecular formula is C18H14N4O. The second-order valence-corrected chi connectivity index (χ2v) is 4.72. The van der Waals surface area contributed by atoms with Crippen molar-refractivity contribution < 1.29 is 4.79 Å². The molecular weight excluding hydrogens is 288 g/mol. The molecule has 0 saturated heterocycles. The molecule has 3 rings (SSSR count). The van der Waals surface area contributed by atoms with Crippen molar-refractivity contribution in [3.63, 3.8) is 0 Å². The van der Waals surface area contributed by atoms with Crippen molar-refractivity contribution in [2.24, 2.45) is 5.10 Å². The second-order valence-electron chi connectivity index (χ2n) is 4.72. The monoisotopic (exact) mass is 302 g/mol. The summed E-state index contributed by atoms with van der Waals surface area (Å²) in [4.78, 5) is 20.4. The van der Waals surface area contributed by atoms with E-state index in [0.29, 0.717) is 17.0 Å². The van der Waals surface area contributed by atoms with Crippen molar-refractivity contribution in [2.75, 3.05) is 0 Å². The molecule has 1 amide bonds. The highest BCUT2D eigenvalue weighted by Crippen LogP contribution is 2.08. The van der Waals surface area contributed by atoms with E-state index >= 15 is 0 Å². The molecule has 0 aliphatic rings. The molecule has 0 radical (unpaired) electrons. The first kappa shape index (κ1) is 14.6. The fourth-order valence-electron chi connectivity index (χ4n) is 2.04. The van der Waals surface area contributed by atoms with Crippen LogP contribution in [0, 0.1) is 0 Å². The van der Waals surface area contributed by atoms with Crippen LogP contribution in [-0.2, 0) is 0 Å². The first-order valence-electron chi connectivity index (χ1n) is 7.09. The smallest absolute Gasteiger partial charge is 0.267 e. The van der Waals surface area contributed by atoms with Crippen LogP contribution in [0.25, 0.3) is 0 Å². The largest absolute Gasteiger partial charge is 0.272 e. The summed E-state index contributed by atoms with van der Waals surface area (Å²) in [7, 11) is 0. The number of carbonyl (C=O) groups excluding carboxylic acids is 1. The molecule has 0 aliphatic carbocycles. The Kier molecular flexibility index (Phi) is 4.49. The highest BCUT2D eigenvalue weighted by Gasteiger charge is 2.10. The Morgan fingerprint density at radius 1 is 0.870 bits per heavy atom. The number of hydrogen-bond acceptors (Lipinski definition) is 4. The van der Waals surface area contributed by atoms with Gasteiger partial charge in [0.1, 0.15) is 5.71 Å². The summed E-state index contributed by atoms with van der Waals surface area (Å²) in [6.07, 6.45) is 4.80. The van der Waals surface area contributed by atoms with Gasteiger partial charge in [0.05, 0.1) is 11.3 Å². The average molecular weight is 302 g/mol. The lowest BCUT2D eigenvalue weighted by atomic mass is 10.1. The van der Waals surface area contributed by atoms with E-state index < -0.39 is 0 Å². The SMILES string of the molecule is O=C(N/N=C(\c1ccccc1)c1ccccn1)c1cccnc1. The minimum absolute atomic E-state index is 0.317. The van der Waals surface area contributed by atoms with Crippen molar-refractivity contribution in [3.8, 4) is 0 Å². The van der Waals surface area contributed by atoms with Crippen LogP contribution in [0.4, 0.5) is 0 Å². The Labute approximate surface area is 133 Å². The van der Waals surface area contributed by atoms with Crippen molar-refractivity contribution in [1.29, 1.82) is 0 Å². The summed E-state index contributed by atoms with van der Waals surface area (Å²) in [5.41, 5.74) is 5.17. The van der Waals surface area contributed by atoms with Gasteiger partial charge < -0.3 is 0 Å². The number of hydrazone groups is 1. The van der Waals surface area contributed by atoms with E-state index in [1.165, 1.54) is 6.20 Å². The first-order chi connectivity index (χ1) is 11.3. The van der Waals surface area contributed by atoms with Gasteiger partial charge in [0.2, 0.25) is 0 Å². The zero-order valence-electron chi connectivity index (χ0n) is 12.3. The van der Waals surface area contributed by atoms with Crippen molar-refractivity contribution in [1.82, 2.24) is 15.4 Å². The molecule has 0 fully saturated rings. The van der Waals surface area contributed by atoms with Crippen LogP contribution in [0.2, 0.25) is 0 Å². The Morgan fingerprint density at radius 3 is 2.35 bits per heavy atom. The Hall–Kier alpha value is -3.34. The van der Waals surface area contributed by atoms with Crippen LogP contribution in [0.5, 0.6) is 0 Å². The predicted molar refractivity (Wildman–Crippen MR) is 88.0 cm³/mol. The summed E-state index contributed by atoms with van der Waals surface area (Å²) in [6.45, 7) is 0. The first-order valence-corrected chi connectivity index (χ1v) is 7.09. The van der Waals surface area contributed by atoms with Crippen LogP contribution >= 0.6 is 0 Å². The maximum absolute atomic E-state index is 12.1. The van der Waals surface area contributed by atoms with Gasteiger partial charge >= 0.3 is 0 Å². The van der Waals surface area contributed by atoms with Crippen LogP contribution < -0.4 is 5.43 Å². The van der Waals surface area contributed by atoms with Crippen LogP contribution in [0.15, 0.2) is 84.4 Å². The van der Waals surface area contributed by atoms with Crippen molar-refractivity contribution in [3.05, 3.63) is 96.1 Å². The van der Waals surface area contributed by atoms with E-state index in [1.54, 1.807) is 24.5 Å². The Morgan fingerprint density at radius 2 is 1.65 bits per heavy atom. The zero-order valence-corrected chi connectivity index (χ0v) is 12.3. The molecule has 5 nitrogen and oxygen atoms in total. The van der Waals surface area contributed by atoms with Crippen LogP contribution in [0.1, 0.15) is 21.6 Å². The van der Waals surface area contributed by atoms with Gasteiger partial charge in [-0.3, -0.25) is 14.8 Å². The van der Waals surface area contributed by atoms with E-state index in [-0.39, 0.29) is 5.91 Å². The molecule has 1 N–H and O–H groups in total. The van der Waals surface area contributed by atoms with Crippen molar-refractivity contribution >= 4 is 11.6 Å². The van der Waals surface area contributed by atoms with Crippen LogP contribution in [0.3, 0.4) is 0 Å². The fraction of sp³-hybridized carbons (Fsp3) is 0. The third-order valence-electron chi connectivity index (χ3n) is 3.15. The topological polar surface area (TPSA) is 67.2 Å². The summed E-state index contributed by atoms with van der Waals surface area (Å²) in [5, 5.41) is 4.27. The fourth-order valence-corrected chi connectivity index (χ4v) is 2.04. The highest BCUT2D eigenvalue weighted by molar-refractivity contribution is 6.12. The van der Waals surface area contributed by atoms with E-state index in [2.05, 4.69) is 20.5 Å². The van der Waals surface area contributed by atoms with Gasteiger partial charge in [-0.2, -0.15) is 5.10 Å². The molecule has 3 aromatic rings. The number of nitrogens with one attached hydrogen (secondary N) is 1. The molecule has 112 valence electrons. The van der Waals surface area contributed by atoms with Gasteiger partial charge in [-0.1, -0.05) is 36.4 Å². The zero-order chi connectivity index (χ0) is 15.9. The van der Waals surface area contributed by atoms with Gasteiger partial charge in [-0.15, -0.1) is 0 Å². The molecule has 0 spiro atoms. The molecule has 0 unspecified atom stereocenters. The normalized spacial score (nSPS) is 11.0. The highest BCUT2D eigenvalue weighted by atomic mass is 16.2. The second kappa shape index (κ2) is 7.09. The molecule has 0 saturated carbocycles. The average Bonchev–Trinajstić information content (AvgIpc) is 2.64. The summed E-state index contributed by atoms with van der Waals surface area (Å²) >= 11 is 0. The third kappa shape index (κ3) is 3.65. The molecule has 23 heavy (non-hydrogen) atoms. The van der Waals surface area contributed by atoms with Gasteiger partial charge in [-0.25, -0.2) is 5.43 Å². The minimum Gasteiger partial charge on any atom is -0.267 e. The molecule has 5 heteroatoms. The van der Waals surface area contributed by atoms with Gasteiger partial charge in [0.25, 0.3) is 5.91 Å². The van der Waals surface area contributed by atoms with E-state index in [1.807, 2.05) is 48.5 Å². The maximum atomic E-state index is 12.1. The number of aromatic nitrogens is 2. The minimum atomic E-state index is -0.317. The molecule has 0 bridgehead atoms. The van der Waals surface area contributed by atoms with Gasteiger partial charge in [0, 0.05) is 24.2 Å². The van der Waals surface area contributed by atoms with E-state index in [4.69, 9.17) is 0 Å². The Bertz CT molecular complexity index is 761. The maximum Gasteiger partial charge on any atom is 0.272 e. The lowest BCUT2D eigenvalue weighted by Crippen LogP contribution is -2.21. The number of benzene rings is 1. The van der Waals surface area contributed by atoms with E-state index in [9.17, 15) is 4.79 Å². The number of amides is 1. The molecule has 0 aliphatic heterocycles. The number of carbonyl (C=O) groups is 1. The van der Waals surface area contributed by atoms with Crippen LogP contribution in [-0.4, -0.2) is 21.6 Å². The van der Waals surface area contributed by atoms with Gasteiger partial charge in [0.15, 0.2) is 0 Å². The third-order valence-corrected chi connectivity index (χ3v) is 3.15. The number of hydrogen-bond donors (Lipinski definition) is 1.